The Labute approximate surface area is 107 Å². The number of hydrogen-bond donors (Lipinski definition) is 2. The number of alkyl halides is 3. The average Bonchev–Trinajstić information content (AvgIpc) is 2.30. The van der Waals surface area contributed by atoms with Crippen molar-refractivity contribution in [3.63, 3.8) is 0 Å². The summed E-state index contributed by atoms with van der Waals surface area (Å²) in [6.07, 6.45) is -4.55. The molecule has 1 N–H and O–H groups in total. The standard InChI is InChI=1S/C10H6F3NOS.C2H6/c11-10(12,13)7-4-9(15)14-8-2-1-5(16)3-6(7)8;1-2/h1-4,16H,(H,14,15);1-2H3. The molecule has 0 unspecified atom stereocenters. The summed E-state index contributed by atoms with van der Waals surface area (Å²) in [6, 6.07) is 4.74. The van der Waals surface area contributed by atoms with Crippen molar-refractivity contribution < 1.29 is 13.2 Å². The van der Waals surface area contributed by atoms with Gasteiger partial charge in [-0.25, -0.2) is 0 Å². The van der Waals surface area contributed by atoms with Gasteiger partial charge < -0.3 is 4.98 Å². The van der Waals surface area contributed by atoms with Crippen molar-refractivity contribution >= 4 is 23.5 Å². The SMILES string of the molecule is CC.O=c1cc(C(F)(F)F)c2cc(S)ccc2[nH]1. The number of aromatic nitrogens is 1. The molecule has 0 amide bonds. The molecular formula is C12H12F3NOS. The van der Waals surface area contributed by atoms with Crippen molar-refractivity contribution in [3.05, 3.63) is 40.2 Å². The number of halogens is 3. The van der Waals surface area contributed by atoms with E-state index in [1.54, 1.807) is 0 Å². The Kier molecular flexibility index (Phi) is 4.45. The van der Waals surface area contributed by atoms with E-state index in [1.807, 2.05) is 13.8 Å². The van der Waals surface area contributed by atoms with Crippen molar-refractivity contribution in [2.45, 2.75) is 24.9 Å². The van der Waals surface area contributed by atoms with Crippen LogP contribution in [0.15, 0.2) is 34.0 Å². The van der Waals surface area contributed by atoms with Gasteiger partial charge in [-0.15, -0.1) is 12.6 Å². The summed E-state index contributed by atoms with van der Waals surface area (Å²) in [7, 11) is 0. The Hall–Kier alpha value is -1.43. The molecule has 0 spiro atoms. The first-order chi connectivity index (χ1) is 8.38. The first kappa shape index (κ1) is 14.6. The van der Waals surface area contributed by atoms with Gasteiger partial charge in [0, 0.05) is 21.9 Å². The molecule has 0 saturated carbocycles. The molecule has 2 rings (SSSR count). The Morgan fingerprint density at radius 1 is 1.17 bits per heavy atom. The molecule has 0 fully saturated rings. The Bertz CT molecular complexity index is 604. The van der Waals surface area contributed by atoms with Gasteiger partial charge in [0.25, 0.3) is 0 Å². The van der Waals surface area contributed by atoms with E-state index < -0.39 is 17.3 Å². The first-order valence-corrected chi connectivity index (χ1v) is 5.76. The Balaban J connectivity index is 0.000000771. The normalized spacial score (nSPS) is 11.0. The van der Waals surface area contributed by atoms with Crippen LogP contribution in [-0.2, 0) is 6.18 Å². The molecule has 0 atom stereocenters. The largest absolute Gasteiger partial charge is 0.417 e. The highest BCUT2D eigenvalue weighted by atomic mass is 32.1. The van der Waals surface area contributed by atoms with Crippen molar-refractivity contribution in [2.75, 3.05) is 0 Å². The number of benzene rings is 1. The van der Waals surface area contributed by atoms with Crippen molar-refractivity contribution in [1.82, 2.24) is 4.98 Å². The van der Waals surface area contributed by atoms with E-state index in [9.17, 15) is 18.0 Å². The van der Waals surface area contributed by atoms with Gasteiger partial charge in [-0.2, -0.15) is 13.2 Å². The lowest BCUT2D eigenvalue weighted by Gasteiger charge is -2.09. The Morgan fingerprint density at radius 2 is 1.78 bits per heavy atom. The lowest BCUT2D eigenvalue weighted by atomic mass is 10.1. The van der Waals surface area contributed by atoms with Crippen LogP contribution in [0.5, 0.6) is 0 Å². The van der Waals surface area contributed by atoms with Crippen molar-refractivity contribution in [3.8, 4) is 0 Å². The first-order valence-electron chi connectivity index (χ1n) is 5.31. The summed E-state index contributed by atoms with van der Waals surface area (Å²) in [5.41, 5.74) is -1.56. The lowest BCUT2D eigenvalue weighted by Crippen LogP contribution is -2.13. The molecule has 1 aromatic carbocycles. The molecule has 1 heterocycles. The molecule has 0 aliphatic carbocycles. The number of H-pyrrole nitrogens is 1. The van der Waals surface area contributed by atoms with Gasteiger partial charge in [0.2, 0.25) is 5.56 Å². The molecular weight excluding hydrogens is 263 g/mol. The van der Waals surface area contributed by atoms with Crippen LogP contribution in [0.4, 0.5) is 13.2 Å². The predicted octanol–water partition coefficient (Wildman–Crippen LogP) is 3.86. The van der Waals surface area contributed by atoms with Gasteiger partial charge in [-0.05, 0) is 18.2 Å². The number of thiol groups is 1. The second-order valence-electron chi connectivity index (χ2n) is 3.27. The van der Waals surface area contributed by atoms with Crippen molar-refractivity contribution in [2.24, 2.45) is 0 Å². The summed E-state index contributed by atoms with van der Waals surface area (Å²) >= 11 is 3.97. The average molecular weight is 275 g/mol. The maximum absolute atomic E-state index is 12.7. The van der Waals surface area contributed by atoms with Crippen LogP contribution in [-0.4, -0.2) is 4.98 Å². The number of hydrogen-bond acceptors (Lipinski definition) is 2. The second-order valence-corrected chi connectivity index (χ2v) is 3.79. The summed E-state index contributed by atoms with van der Waals surface area (Å²) in [5, 5.41) is -0.0559. The van der Waals surface area contributed by atoms with E-state index in [-0.39, 0.29) is 10.9 Å². The van der Waals surface area contributed by atoms with Gasteiger partial charge in [-0.1, -0.05) is 13.8 Å². The zero-order chi connectivity index (χ0) is 13.9. The molecule has 2 aromatic rings. The number of pyridine rings is 1. The molecule has 0 radical (unpaired) electrons. The van der Waals surface area contributed by atoms with Crippen LogP contribution in [0.25, 0.3) is 10.9 Å². The fraction of sp³-hybridized carbons (Fsp3) is 0.250. The number of rotatable bonds is 0. The molecule has 0 aliphatic rings. The van der Waals surface area contributed by atoms with Crippen LogP contribution in [0.1, 0.15) is 19.4 Å². The molecule has 18 heavy (non-hydrogen) atoms. The molecule has 6 heteroatoms. The topological polar surface area (TPSA) is 32.9 Å². The van der Waals surface area contributed by atoms with Gasteiger partial charge in [0.05, 0.1) is 5.56 Å². The van der Waals surface area contributed by atoms with Gasteiger partial charge >= 0.3 is 6.18 Å². The number of aromatic amines is 1. The highest BCUT2D eigenvalue weighted by Gasteiger charge is 2.33. The predicted molar refractivity (Wildman–Crippen MR) is 68.2 cm³/mol. The molecule has 1 aromatic heterocycles. The zero-order valence-electron chi connectivity index (χ0n) is 9.80. The summed E-state index contributed by atoms with van der Waals surface area (Å²) < 4.78 is 38.0. The molecule has 0 saturated heterocycles. The van der Waals surface area contributed by atoms with E-state index in [0.717, 1.165) is 0 Å². The zero-order valence-corrected chi connectivity index (χ0v) is 10.7. The molecule has 2 nitrogen and oxygen atoms in total. The lowest BCUT2D eigenvalue weighted by molar-refractivity contribution is -0.136. The maximum atomic E-state index is 12.7. The van der Waals surface area contributed by atoms with Crippen molar-refractivity contribution in [1.29, 1.82) is 0 Å². The maximum Gasteiger partial charge on any atom is 0.417 e. The third-order valence-corrected chi connectivity index (χ3v) is 2.41. The Morgan fingerprint density at radius 3 is 2.33 bits per heavy atom. The highest BCUT2D eigenvalue weighted by molar-refractivity contribution is 7.80. The minimum Gasteiger partial charge on any atom is -0.322 e. The van der Waals surface area contributed by atoms with Crippen LogP contribution in [0.3, 0.4) is 0 Å². The van der Waals surface area contributed by atoms with Gasteiger partial charge in [-0.3, -0.25) is 4.79 Å². The highest BCUT2D eigenvalue weighted by Crippen LogP contribution is 2.33. The monoisotopic (exact) mass is 275 g/mol. The summed E-state index contributed by atoms with van der Waals surface area (Å²) in [4.78, 5) is 13.8. The van der Waals surface area contributed by atoms with E-state index in [2.05, 4.69) is 17.6 Å². The minimum absolute atomic E-state index is 0.0559. The molecule has 98 valence electrons. The van der Waals surface area contributed by atoms with E-state index >= 15 is 0 Å². The third-order valence-electron chi connectivity index (χ3n) is 2.13. The van der Waals surface area contributed by atoms with Crippen LogP contribution in [0.2, 0.25) is 0 Å². The molecule has 0 bridgehead atoms. The molecule has 0 aliphatic heterocycles. The van der Waals surface area contributed by atoms with Crippen LogP contribution >= 0.6 is 12.6 Å². The second kappa shape index (κ2) is 5.48. The third kappa shape index (κ3) is 3.07. The van der Waals surface area contributed by atoms with Crippen LogP contribution in [0, 0.1) is 0 Å². The van der Waals surface area contributed by atoms with E-state index in [4.69, 9.17) is 0 Å². The number of nitrogens with one attached hydrogen (secondary N) is 1. The van der Waals surface area contributed by atoms with Gasteiger partial charge in [0.15, 0.2) is 0 Å². The smallest absolute Gasteiger partial charge is 0.322 e. The fourth-order valence-corrected chi connectivity index (χ4v) is 1.68. The summed E-state index contributed by atoms with van der Waals surface area (Å²) in [6.45, 7) is 4.00. The quantitative estimate of drug-likeness (QED) is 0.703. The fourth-order valence-electron chi connectivity index (χ4n) is 1.48. The van der Waals surface area contributed by atoms with E-state index in [1.165, 1.54) is 18.2 Å². The van der Waals surface area contributed by atoms with Gasteiger partial charge in [0.1, 0.15) is 0 Å². The van der Waals surface area contributed by atoms with Crippen LogP contribution < -0.4 is 5.56 Å². The number of fused-ring (bicyclic) bond motifs is 1. The minimum atomic E-state index is -4.55. The summed E-state index contributed by atoms with van der Waals surface area (Å²) in [5.74, 6) is 0. The van der Waals surface area contributed by atoms with E-state index in [0.29, 0.717) is 11.0 Å².